The van der Waals surface area contributed by atoms with Crippen LogP contribution in [0.2, 0.25) is 0 Å². The fourth-order valence-corrected chi connectivity index (χ4v) is 2.56. The van der Waals surface area contributed by atoms with Crippen molar-refractivity contribution in [2.45, 2.75) is 20.0 Å². The monoisotopic (exact) mass is 321 g/mol. The molecule has 2 aromatic heterocycles. The molecule has 0 saturated heterocycles. The number of benzene rings is 1. The number of rotatable bonds is 4. The highest BCUT2D eigenvalue weighted by Crippen LogP contribution is 2.08. The predicted molar refractivity (Wildman–Crippen MR) is 98.0 cm³/mol. The molecule has 1 aromatic carbocycles. The Morgan fingerprint density at radius 2 is 1.92 bits per heavy atom. The summed E-state index contributed by atoms with van der Waals surface area (Å²) >= 11 is 0. The van der Waals surface area contributed by atoms with Crippen LogP contribution in [0.5, 0.6) is 0 Å². The zero-order valence-electron chi connectivity index (χ0n) is 14.4. The molecule has 5 heteroatoms. The first-order valence-electron chi connectivity index (χ1n) is 8.06. The molecule has 0 aliphatic rings. The molecule has 2 heterocycles. The topological polar surface area (TPSA) is 44.9 Å². The molecular formula is C19H23N5. The van der Waals surface area contributed by atoms with Gasteiger partial charge in [-0.05, 0) is 24.6 Å². The van der Waals surface area contributed by atoms with Gasteiger partial charge in [0.15, 0.2) is 5.96 Å². The van der Waals surface area contributed by atoms with Crippen molar-refractivity contribution in [3.05, 3.63) is 71.7 Å². The molecule has 3 rings (SSSR count). The van der Waals surface area contributed by atoms with E-state index in [9.17, 15) is 0 Å². The van der Waals surface area contributed by atoms with Crippen LogP contribution in [0.1, 0.15) is 17.0 Å². The van der Waals surface area contributed by atoms with Crippen LogP contribution in [0.15, 0.2) is 59.7 Å². The molecule has 0 spiro atoms. The Hall–Kier alpha value is -2.82. The zero-order valence-corrected chi connectivity index (χ0v) is 14.4. The SMILES string of the molecule is Cc1cccc2nc(CNC(=NCc3ccccc3)N(C)C)cn12. The lowest BCUT2D eigenvalue weighted by molar-refractivity contribution is 0.577. The average Bonchev–Trinajstić information content (AvgIpc) is 3.00. The minimum absolute atomic E-state index is 0.646. The first-order chi connectivity index (χ1) is 11.6. The smallest absolute Gasteiger partial charge is 0.194 e. The molecule has 0 aliphatic carbocycles. The first kappa shape index (κ1) is 16.1. The number of aryl methyl sites for hydroxylation is 1. The second-order valence-electron chi connectivity index (χ2n) is 6.00. The molecule has 0 amide bonds. The van der Waals surface area contributed by atoms with Crippen molar-refractivity contribution in [1.82, 2.24) is 19.6 Å². The summed E-state index contributed by atoms with van der Waals surface area (Å²) in [6.07, 6.45) is 2.07. The molecule has 5 nitrogen and oxygen atoms in total. The molecule has 0 unspecified atom stereocenters. The fourth-order valence-electron chi connectivity index (χ4n) is 2.56. The highest BCUT2D eigenvalue weighted by atomic mass is 15.3. The Balaban J connectivity index is 1.70. The number of fused-ring (bicyclic) bond motifs is 1. The normalized spacial score (nSPS) is 11.7. The van der Waals surface area contributed by atoms with Gasteiger partial charge in [0.05, 0.1) is 18.8 Å². The van der Waals surface area contributed by atoms with Gasteiger partial charge in [-0.1, -0.05) is 36.4 Å². The standard InChI is InChI=1S/C19H23N5/c1-15-8-7-11-18-22-17(14-24(15)18)13-21-19(23(2)3)20-12-16-9-5-4-6-10-16/h4-11,14H,12-13H2,1-3H3,(H,20,21). The van der Waals surface area contributed by atoms with E-state index in [1.807, 2.05) is 49.3 Å². The van der Waals surface area contributed by atoms with Crippen LogP contribution in [-0.4, -0.2) is 34.3 Å². The van der Waals surface area contributed by atoms with Crippen molar-refractivity contribution in [3.63, 3.8) is 0 Å². The molecule has 0 saturated carbocycles. The van der Waals surface area contributed by atoms with Gasteiger partial charge in [-0.2, -0.15) is 0 Å². The maximum absolute atomic E-state index is 4.68. The minimum Gasteiger partial charge on any atom is -0.351 e. The summed E-state index contributed by atoms with van der Waals surface area (Å²) < 4.78 is 2.10. The molecule has 0 aliphatic heterocycles. The minimum atomic E-state index is 0.646. The Labute approximate surface area is 142 Å². The van der Waals surface area contributed by atoms with E-state index in [0.717, 1.165) is 17.3 Å². The lowest BCUT2D eigenvalue weighted by atomic mass is 10.2. The molecule has 0 atom stereocenters. The van der Waals surface area contributed by atoms with Crippen molar-refractivity contribution < 1.29 is 0 Å². The Kier molecular flexibility index (Phi) is 4.79. The van der Waals surface area contributed by atoms with Gasteiger partial charge in [-0.25, -0.2) is 9.98 Å². The summed E-state index contributed by atoms with van der Waals surface area (Å²) in [7, 11) is 3.98. The zero-order chi connectivity index (χ0) is 16.9. The number of imidazole rings is 1. The largest absolute Gasteiger partial charge is 0.351 e. The summed E-state index contributed by atoms with van der Waals surface area (Å²) in [6, 6.07) is 16.4. The third-order valence-electron chi connectivity index (χ3n) is 3.85. The van der Waals surface area contributed by atoms with Gasteiger partial charge >= 0.3 is 0 Å². The van der Waals surface area contributed by atoms with Gasteiger partial charge < -0.3 is 14.6 Å². The van der Waals surface area contributed by atoms with E-state index in [-0.39, 0.29) is 0 Å². The summed E-state index contributed by atoms with van der Waals surface area (Å²) in [5.74, 6) is 0.854. The average molecular weight is 321 g/mol. The number of nitrogens with one attached hydrogen (secondary N) is 1. The number of hydrogen-bond acceptors (Lipinski definition) is 2. The summed E-state index contributed by atoms with van der Waals surface area (Å²) in [4.78, 5) is 11.3. The van der Waals surface area contributed by atoms with E-state index in [4.69, 9.17) is 0 Å². The summed E-state index contributed by atoms with van der Waals surface area (Å²) in [5, 5.41) is 3.39. The van der Waals surface area contributed by atoms with E-state index < -0.39 is 0 Å². The van der Waals surface area contributed by atoms with E-state index in [2.05, 4.69) is 51.0 Å². The lowest BCUT2D eigenvalue weighted by Crippen LogP contribution is -2.36. The second kappa shape index (κ2) is 7.17. The van der Waals surface area contributed by atoms with Crippen LogP contribution in [0.25, 0.3) is 5.65 Å². The fraction of sp³-hybridized carbons (Fsp3) is 0.263. The first-order valence-corrected chi connectivity index (χ1v) is 8.06. The maximum Gasteiger partial charge on any atom is 0.194 e. The van der Waals surface area contributed by atoms with E-state index in [0.29, 0.717) is 13.1 Å². The van der Waals surface area contributed by atoms with Crippen molar-refractivity contribution in [2.75, 3.05) is 14.1 Å². The van der Waals surface area contributed by atoms with Gasteiger partial charge in [0.1, 0.15) is 5.65 Å². The number of aliphatic imine (C=N–C) groups is 1. The molecule has 0 fully saturated rings. The van der Waals surface area contributed by atoms with Crippen molar-refractivity contribution in [2.24, 2.45) is 4.99 Å². The van der Waals surface area contributed by atoms with Crippen LogP contribution in [0.3, 0.4) is 0 Å². The third kappa shape index (κ3) is 3.74. The Morgan fingerprint density at radius 3 is 2.62 bits per heavy atom. The molecule has 0 bridgehead atoms. The van der Waals surface area contributed by atoms with Crippen molar-refractivity contribution >= 4 is 11.6 Å². The molecule has 0 radical (unpaired) electrons. The van der Waals surface area contributed by atoms with Crippen molar-refractivity contribution in [3.8, 4) is 0 Å². The van der Waals surface area contributed by atoms with Crippen molar-refractivity contribution in [1.29, 1.82) is 0 Å². The predicted octanol–water partition coefficient (Wildman–Crippen LogP) is 2.85. The number of pyridine rings is 1. The lowest BCUT2D eigenvalue weighted by Gasteiger charge is -2.17. The maximum atomic E-state index is 4.68. The van der Waals surface area contributed by atoms with E-state index in [1.54, 1.807) is 0 Å². The summed E-state index contributed by atoms with van der Waals surface area (Å²) in [6.45, 7) is 3.39. The van der Waals surface area contributed by atoms with Gasteiger partial charge in [0.25, 0.3) is 0 Å². The van der Waals surface area contributed by atoms with Gasteiger partial charge in [0.2, 0.25) is 0 Å². The van der Waals surface area contributed by atoms with Crippen LogP contribution in [-0.2, 0) is 13.1 Å². The van der Waals surface area contributed by atoms with Gasteiger partial charge in [-0.15, -0.1) is 0 Å². The molecule has 1 N–H and O–H groups in total. The van der Waals surface area contributed by atoms with Crippen LogP contribution >= 0.6 is 0 Å². The molecule has 3 aromatic rings. The van der Waals surface area contributed by atoms with E-state index in [1.165, 1.54) is 11.3 Å². The molecule has 24 heavy (non-hydrogen) atoms. The highest BCUT2D eigenvalue weighted by molar-refractivity contribution is 5.79. The van der Waals surface area contributed by atoms with Crippen LogP contribution in [0.4, 0.5) is 0 Å². The van der Waals surface area contributed by atoms with Gasteiger partial charge in [0, 0.05) is 26.0 Å². The number of aromatic nitrogens is 2. The highest BCUT2D eigenvalue weighted by Gasteiger charge is 2.06. The van der Waals surface area contributed by atoms with Gasteiger partial charge in [-0.3, -0.25) is 0 Å². The third-order valence-corrected chi connectivity index (χ3v) is 3.85. The van der Waals surface area contributed by atoms with E-state index >= 15 is 0 Å². The van der Waals surface area contributed by atoms with Crippen LogP contribution in [0, 0.1) is 6.92 Å². The quantitative estimate of drug-likeness (QED) is 0.594. The second-order valence-corrected chi connectivity index (χ2v) is 6.00. The number of hydrogen-bond donors (Lipinski definition) is 1. The number of nitrogens with zero attached hydrogens (tertiary/aromatic N) is 4. The summed E-state index contributed by atoms with van der Waals surface area (Å²) in [5.41, 5.74) is 4.34. The molecule has 124 valence electrons. The van der Waals surface area contributed by atoms with Crippen LogP contribution < -0.4 is 5.32 Å². The number of guanidine groups is 1. The Bertz CT molecular complexity index is 833. The molecular weight excluding hydrogens is 298 g/mol. The Morgan fingerprint density at radius 1 is 1.12 bits per heavy atom.